The Morgan fingerprint density at radius 2 is 1.22 bits per heavy atom. The Balaban J connectivity index is 0.000000267. The zero-order valence-corrected chi connectivity index (χ0v) is 36.2. The predicted octanol–water partition coefficient (Wildman–Crippen LogP) is 7.87. The molecule has 0 aliphatic carbocycles. The standard InChI is InChI=1S/C23H26FN3O5S.C16H20BrN3O4S/c1-23(2,3)15-26(22(28)29)13-16-10-21(19-11-17(32-4)7-8-20(19)24)27(14-16)33(30,31)18-6-5-9-25-12-18;1-16(2,3)11-19(15(21)22)9-12-7-14(17)20(10-12)25(23,24)13-5-4-6-18-8-13/h5-12,14H,13,15H2,1-4H3,(H,28,29);4-8,10H,9,11H2,1-3H3,(H,21,22). The number of aromatic nitrogens is 4. The summed E-state index contributed by atoms with van der Waals surface area (Å²) in [5.74, 6) is -0.299. The van der Waals surface area contributed by atoms with Crippen LogP contribution in [-0.4, -0.2) is 87.1 Å². The Hall–Kier alpha value is -5.27. The fraction of sp³-hybridized carbons (Fsp3) is 0.333. The Morgan fingerprint density at radius 3 is 1.66 bits per heavy atom. The van der Waals surface area contributed by atoms with E-state index in [1.165, 1.54) is 96.6 Å². The summed E-state index contributed by atoms with van der Waals surface area (Å²) in [4.78, 5) is 33.4. The highest BCUT2D eigenvalue weighted by atomic mass is 79.9. The summed E-state index contributed by atoms with van der Waals surface area (Å²) in [6, 6.07) is 13.0. The van der Waals surface area contributed by atoms with Gasteiger partial charge in [-0.3, -0.25) is 9.97 Å². The lowest BCUT2D eigenvalue weighted by Gasteiger charge is -2.27. The molecule has 58 heavy (non-hydrogen) atoms. The van der Waals surface area contributed by atoms with Gasteiger partial charge in [0.1, 0.15) is 26.0 Å². The third-order valence-corrected chi connectivity index (χ3v) is 12.3. The van der Waals surface area contributed by atoms with Crippen LogP contribution in [0.1, 0.15) is 52.7 Å². The van der Waals surface area contributed by atoms with Gasteiger partial charge in [0.05, 0.1) is 25.9 Å². The third kappa shape index (κ3) is 11.7. The van der Waals surface area contributed by atoms with Crippen molar-refractivity contribution in [3.8, 4) is 17.0 Å². The van der Waals surface area contributed by atoms with Gasteiger partial charge in [-0.25, -0.2) is 38.8 Å². The first-order valence-corrected chi connectivity index (χ1v) is 21.3. The summed E-state index contributed by atoms with van der Waals surface area (Å²) in [6.07, 6.45) is 5.96. The summed E-state index contributed by atoms with van der Waals surface area (Å²) in [7, 11) is -6.52. The molecule has 2 amide bonds. The van der Waals surface area contributed by atoms with Crippen LogP contribution in [0.2, 0.25) is 0 Å². The lowest BCUT2D eigenvalue weighted by atomic mass is 9.96. The molecule has 0 bridgehead atoms. The summed E-state index contributed by atoms with van der Waals surface area (Å²) in [5.41, 5.74) is 0.499. The minimum absolute atomic E-state index is 0.00533. The molecule has 15 nitrogen and oxygen atoms in total. The first-order chi connectivity index (χ1) is 26.9. The quantitative estimate of drug-likeness (QED) is 0.124. The highest BCUT2D eigenvalue weighted by molar-refractivity contribution is 9.10. The molecule has 312 valence electrons. The van der Waals surface area contributed by atoms with Crippen molar-refractivity contribution in [3.05, 3.63) is 113 Å². The van der Waals surface area contributed by atoms with E-state index in [1.807, 2.05) is 41.5 Å². The molecule has 1 aromatic carbocycles. The first kappa shape index (κ1) is 45.4. The van der Waals surface area contributed by atoms with Gasteiger partial charge in [-0.05, 0) is 92.5 Å². The normalized spacial score (nSPS) is 12.0. The monoisotopic (exact) mass is 904 g/mol. The van der Waals surface area contributed by atoms with Crippen LogP contribution in [0, 0.1) is 16.6 Å². The van der Waals surface area contributed by atoms with Gasteiger partial charge in [-0.2, -0.15) is 0 Å². The van der Waals surface area contributed by atoms with Crippen molar-refractivity contribution in [3.63, 3.8) is 0 Å². The summed E-state index contributed by atoms with van der Waals surface area (Å²) in [6.45, 7) is 12.1. The predicted molar refractivity (Wildman–Crippen MR) is 218 cm³/mol. The SMILES string of the molecule is CC(C)(C)CN(Cc1cc(Br)n(S(=O)(=O)c2cccnc2)c1)C(=O)O.COc1ccc(F)c(-c2cc(CN(CC(C)(C)C)C(=O)O)cn2S(=O)(=O)c2cccnc2)c1. The van der Waals surface area contributed by atoms with Gasteiger partial charge in [0, 0.05) is 55.8 Å². The Morgan fingerprint density at radius 1 is 0.759 bits per heavy atom. The minimum atomic E-state index is -4.14. The zero-order chi connectivity index (χ0) is 43.2. The molecule has 0 radical (unpaired) electrons. The van der Waals surface area contributed by atoms with Crippen molar-refractivity contribution >= 4 is 48.2 Å². The molecule has 0 atom stereocenters. The van der Waals surface area contributed by atoms with Gasteiger partial charge in [0.15, 0.2) is 0 Å². The van der Waals surface area contributed by atoms with Crippen molar-refractivity contribution in [2.75, 3.05) is 20.2 Å². The molecular weight excluding hydrogens is 859 g/mol. The average molecular weight is 906 g/mol. The number of hydrogen-bond acceptors (Lipinski definition) is 9. The molecule has 4 aromatic heterocycles. The van der Waals surface area contributed by atoms with Crippen LogP contribution in [0.15, 0.2) is 106 Å². The fourth-order valence-corrected chi connectivity index (χ4v) is 9.29. The topological polar surface area (TPSA) is 194 Å². The van der Waals surface area contributed by atoms with E-state index in [0.29, 0.717) is 28.0 Å². The summed E-state index contributed by atoms with van der Waals surface area (Å²) in [5, 5.41) is 19.1. The molecule has 5 rings (SSSR count). The van der Waals surface area contributed by atoms with Crippen LogP contribution in [-0.2, 0) is 33.1 Å². The van der Waals surface area contributed by atoms with Crippen molar-refractivity contribution in [2.45, 2.75) is 64.4 Å². The number of halogens is 2. The second kappa shape index (κ2) is 18.1. The average Bonchev–Trinajstić information content (AvgIpc) is 3.75. The van der Waals surface area contributed by atoms with Crippen molar-refractivity contribution < 1.29 is 45.8 Å². The van der Waals surface area contributed by atoms with E-state index >= 15 is 0 Å². The molecule has 0 saturated carbocycles. The lowest BCUT2D eigenvalue weighted by molar-refractivity contribution is 0.122. The molecule has 0 unspecified atom stereocenters. The molecule has 0 aliphatic rings. The molecular formula is C39H46BrFN6O9S2. The number of hydrogen-bond donors (Lipinski definition) is 2. The molecule has 5 aromatic rings. The highest BCUT2D eigenvalue weighted by Gasteiger charge is 2.28. The Kier molecular flexibility index (Phi) is 14.2. The maximum atomic E-state index is 14.8. The van der Waals surface area contributed by atoms with Crippen molar-refractivity contribution in [2.24, 2.45) is 10.8 Å². The Bertz CT molecular complexity index is 2450. The van der Waals surface area contributed by atoms with E-state index < -0.39 is 38.1 Å². The van der Waals surface area contributed by atoms with E-state index in [1.54, 1.807) is 12.1 Å². The zero-order valence-electron chi connectivity index (χ0n) is 33.0. The number of ether oxygens (including phenoxy) is 1. The second-order valence-electron chi connectivity index (χ2n) is 15.6. The molecule has 2 N–H and O–H groups in total. The van der Waals surface area contributed by atoms with Crippen LogP contribution in [0.3, 0.4) is 0 Å². The largest absolute Gasteiger partial charge is 0.497 e. The van der Waals surface area contributed by atoms with Gasteiger partial charge < -0.3 is 24.7 Å². The van der Waals surface area contributed by atoms with Crippen LogP contribution in [0.4, 0.5) is 14.0 Å². The maximum absolute atomic E-state index is 14.8. The Labute approximate surface area is 346 Å². The maximum Gasteiger partial charge on any atom is 0.407 e. The van der Waals surface area contributed by atoms with Crippen molar-refractivity contribution in [1.82, 2.24) is 27.7 Å². The smallest absolute Gasteiger partial charge is 0.407 e. The molecule has 0 spiro atoms. The molecule has 0 saturated heterocycles. The van der Waals surface area contributed by atoms with Crippen LogP contribution in [0.25, 0.3) is 11.3 Å². The highest BCUT2D eigenvalue weighted by Crippen LogP contribution is 2.32. The number of amides is 2. The molecule has 4 heterocycles. The van der Waals surface area contributed by atoms with Gasteiger partial charge in [-0.1, -0.05) is 41.5 Å². The minimum Gasteiger partial charge on any atom is -0.497 e. The number of carboxylic acid groups (broad SMARTS) is 2. The van der Waals surface area contributed by atoms with Crippen LogP contribution < -0.4 is 4.74 Å². The third-order valence-electron chi connectivity index (χ3n) is 8.09. The van der Waals surface area contributed by atoms with Gasteiger partial charge in [0.25, 0.3) is 20.0 Å². The van der Waals surface area contributed by atoms with E-state index in [4.69, 9.17) is 4.74 Å². The lowest BCUT2D eigenvalue weighted by Crippen LogP contribution is -2.36. The van der Waals surface area contributed by atoms with Gasteiger partial charge >= 0.3 is 12.2 Å². The van der Waals surface area contributed by atoms with Crippen LogP contribution in [0.5, 0.6) is 5.75 Å². The van der Waals surface area contributed by atoms with Gasteiger partial charge in [-0.15, -0.1) is 0 Å². The number of methoxy groups -OCH3 is 1. The van der Waals surface area contributed by atoms with Gasteiger partial charge in [0.2, 0.25) is 0 Å². The first-order valence-electron chi connectivity index (χ1n) is 17.6. The number of rotatable bonds is 12. The molecule has 0 fully saturated rings. The molecule has 19 heteroatoms. The number of nitrogens with zero attached hydrogens (tertiary/aromatic N) is 6. The van der Waals surface area contributed by atoms with Crippen molar-refractivity contribution in [1.29, 1.82) is 0 Å². The fourth-order valence-electron chi connectivity index (χ4n) is 5.74. The number of carbonyl (C=O) groups is 2. The van der Waals surface area contributed by atoms with E-state index in [2.05, 4.69) is 25.9 Å². The van der Waals surface area contributed by atoms with E-state index in [0.717, 1.165) is 7.94 Å². The molecule has 0 aliphatic heterocycles. The summed E-state index contributed by atoms with van der Waals surface area (Å²) < 4.78 is 74.5. The number of pyridine rings is 2. The van der Waals surface area contributed by atoms with E-state index in [-0.39, 0.29) is 51.5 Å². The van der Waals surface area contributed by atoms with Crippen LogP contribution >= 0.6 is 15.9 Å². The number of benzene rings is 1. The summed E-state index contributed by atoms with van der Waals surface area (Å²) >= 11 is 3.24. The van der Waals surface area contributed by atoms with E-state index in [9.17, 15) is 41.0 Å². The second-order valence-corrected chi connectivity index (χ2v) is 20.1.